The summed E-state index contributed by atoms with van der Waals surface area (Å²) in [5, 5.41) is 17.2. The van der Waals surface area contributed by atoms with Crippen molar-refractivity contribution >= 4 is 22.8 Å². The standard InChI is InChI=1S/C22H25N7O3/c1-27-20-17(10-25-27)22(31)28(13-24-20)12-19(30)26-21-16(9-23)15-6-2-3-7-18(15)29(21)11-14-5-4-8-32-14/h10,13-14H,2-8,11-12H2,1H3,(H,26,30). The molecule has 1 unspecified atom stereocenters. The molecule has 4 heterocycles. The Morgan fingerprint density at radius 1 is 1.34 bits per heavy atom. The van der Waals surface area contributed by atoms with Crippen molar-refractivity contribution in [2.75, 3.05) is 11.9 Å². The van der Waals surface area contributed by atoms with E-state index in [0.29, 0.717) is 29.0 Å². The van der Waals surface area contributed by atoms with E-state index in [1.54, 1.807) is 7.05 Å². The maximum Gasteiger partial charge on any atom is 0.264 e. The molecule has 1 N–H and O–H groups in total. The van der Waals surface area contributed by atoms with Gasteiger partial charge in [0.25, 0.3) is 5.56 Å². The minimum Gasteiger partial charge on any atom is -0.376 e. The number of aromatic nitrogens is 5. The van der Waals surface area contributed by atoms with E-state index in [-0.39, 0.29) is 24.1 Å². The second-order valence-corrected chi connectivity index (χ2v) is 8.44. The topological polar surface area (TPSA) is 120 Å². The number of ether oxygens (including phenoxy) is 1. The Hall–Kier alpha value is -3.45. The van der Waals surface area contributed by atoms with Crippen molar-refractivity contribution in [1.82, 2.24) is 23.9 Å². The predicted octanol–water partition coefficient (Wildman–Crippen LogP) is 1.50. The lowest BCUT2D eigenvalue weighted by atomic mass is 9.95. The third kappa shape index (κ3) is 3.48. The molecule has 1 amide bonds. The zero-order valence-electron chi connectivity index (χ0n) is 18.0. The highest BCUT2D eigenvalue weighted by Gasteiger charge is 2.28. The van der Waals surface area contributed by atoms with Crippen LogP contribution in [0.4, 0.5) is 5.82 Å². The van der Waals surface area contributed by atoms with Gasteiger partial charge >= 0.3 is 0 Å². The summed E-state index contributed by atoms with van der Waals surface area (Å²) < 4.78 is 10.7. The Bertz CT molecular complexity index is 1290. The number of carbonyl (C=O) groups excluding carboxylic acids is 1. The van der Waals surface area contributed by atoms with Gasteiger partial charge in [-0.15, -0.1) is 0 Å². The number of nitrogens with zero attached hydrogens (tertiary/aromatic N) is 6. The fourth-order valence-electron chi connectivity index (χ4n) is 4.82. The van der Waals surface area contributed by atoms with Crippen molar-refractivity contribution in [2.45, 2.75) is 57.7 Å². The van der Waals surface area contributed by atoms with E-state index >= 15 is 0 Å². The fourth-order valence-corrected chi connectivity index (χ4v) is 4.82. The smallest absolute Gasteiger partial charge is 0.264 e. The highest BCUT2D eigenvalue weighted by Crippen LogP contribution is 2.34. The van der Waals surface area contributed by atoms with Crippen LogP contribution in [0.2, 0.25) is 0 Å². The van der Waals surface area contributed by atoms with Crippen molar-refractivity contribution in [3.8, 4) is 6.07 Å². The van der Waals surface area contributed by atoms with E-state index in [0.717, 1.165) is 56.4 Å². The molecule has 1 atom stereocenters. The number of nitriles is 1. The molecule has 0 saturated carbocycles. The van der Waals surface area contributed by atoms with Gasteiger partial charge in [0.2, 0.25) is 5.91 Å². The number of nitrogens with one attached hydrogen (secondary N) is 1. The van der Waals surface area contributed by atoms with Gasteiger partial charge in [-0.1, -0.05) is 0 Å². The molecular formula is C22H25N7O3. The lowest BCUT2D eigenvalue weighted by molar-refractivity contribution is -0.116. The molecule has 166 valence electrons. The van der Waals surface area contributed by atoms with Crippen molar-refractivity contribution in [2.24, 2.45) is 7.05 Å². The van der Waals surface area contributed by atoms with Crippen LogP contribution in [0, 0.1) is 11.3 Å². The van der Waals surface area contributed by atoms with Crippen LogP contribution in [0.1, 0.15) is 42.5 Å². The Balaban J connectivity index is 1.46. The molecule has 10 heteroatoms. The van der Waals surface area contributed by atoms with E-state index in [9.17, 15) is 14.9 Å². The molecule has 1 saturated heterocycles. The first kappa shape index (κ1) is 20.5. The maximum atomic E-state index is 13.0. The van der Waals surface area contributed by atoms with Crippen LogP contribution in [0.25, 0.3) is 11.0 Å². The third-order valence-corrected chi connectivity index (χ3v) is 6.38. The van der Waals surface area contributed by atoms with Crippen LogP contribution in [-0.2, 0) is 42.5 Å². The summed E-state index contributed by atoms with van der Waals surface area (Å²) in [4.78, 5) is 29.9. The highest BCUT2D eigenvalue weighted by molar-refractivity contribution is 5.92. The molecule has 10 nitrogen and oxygen atoms in total. The Morgan fingerprint density at radius 2 is 2.19 bits per heavy atom. The molecule has 3 aromatic rings. The van der Waals surface area contributed by atoms with Crippen LogP contribution in [0.3, 0.4) is 0 Å². The number of aryl methyl sites for hydroxylation is 1. The third-order valence-electron chi connectivity index (χ3n) is 6.38. The number of anilines is 1. The van der Waals surface area contributed by atoms with Gasteiger partial charge in [0, 0.05) is 19.3 Å². The second kappa shape index (κ2) is 8.24. The minimum absolute atomic E-state index is 0.0791. The van der Waals surface area contributed by atoms with E-state index in [1.165, 1.54) is 21.8 Å². The summed E-state index contributed by atoms with van der Waals surface area (Å²) in [6.45, 7) is 1.16. The summed E-state index contributed by atoms with van der Waals surface area (Å²) in [5.74, 6) is 0.139. The molecule has 32 heavy (non-hydrogen) atoms. The molecule has 1 aliphatic heterocycles. The number of carbonyl (C=O) groups is 1. The van der Waals surface area contributed by atoms with Crippen LogP contribution < -0.4 is 10.9 Å². The Labute approximate surface area is 184 Å². The molecule has 1 fully saturated rings. The fraction of sp³-hybridized carbons (Fsp3) is 0.500. The molecule has 5 rings (SSSR count). The highest BCUT2D eigenvalue weighted by atomic mass is 16.5. The molecule has 0 radical (unpaired) electrons. The van der Waals surface area contributed by atoms with E-state index in [1.807, 2.05) is 0 Å². The molecular weight excluding hydrogens is 410 g/mol. The average Bonchev–Trinajstić information content (AvgIpc) is 3.50. The molecule has 0 aromatic carbocycles. The van der Waals surface area contributed by atoms with Crippen molar-refractivity contribution in [3.05, 3.63) is 39.7 Å². The predicted molar refractivity (Wildman–Crippen MR) is 116 cm³/mol. The minimum atomic E-state index is -0.378. The number of hydrogen-bond donors (Lipinski definition) is 1. The number of amides is 1. The lowest BCUT2D eigenvalue weighted by Gasteiger charge is -2.20. The van der Waals surface area contributed by atoms with Crippen molar-refractivity contribution in [1.29, 1.82) is 5.26 Å². The van der Waals surface area contributed by atoms with Gasteiger partial charge in [-0.3, -0.25) is 18.8 Å². The van der Waals surface area contributed by atoms with Gasteiger partial charge in [-0.05, 0) is 44.1 Å². The van der Waals surface area contributed by atoms with Gasteiger partial charge in [0.1, 0.15) is 30.1 Å². The van der Waals surface area contributed by atoms with Gasteiger partial charge in [-0.2, -0.15) is 10.4 Å². The quantitative estimate of drug-likeness (QED) is 0.649. The molecule has 2 aliphatic rings. The summed E-state index contributed by atoms with van der Waals surface area (Å²) >= 11 is 0. The number of rotatable bonds is 5. The molecule has 1 aliphatic carbocycles. The van der Waals surface area contributed by atoms with Gasteiger partial charge in [0.05, 0.1) is 24.4 Å². The van der Waals surface area contributed by atoms with E-state index < -0.39 is 0 Å². The summed E-state index contributed by atoms with van der Waals surface area (Å²) in [7, 11) is 1.71. The monoisotopic (exact) mass is 435 g/mol. The molecule has 0 bridgehead atoms. The largest absolute Gasteiger partial charge is 0.376 e. The van der Waals surface area contributed by atoms with Crippen LogP contribution in [0.5, 0.6) is 0 Å². The van der Waals surface area contributed by atoms with Crippen LogP contribution >= 0.6 is 0 Å². The van der Waals surface area contributed by atoms with Gasteiger partial charge in [0.15, 0.2) is 5.65 Å². The zero-order chi connectivity index (χ0) is 22.2. The van der Waals surface area contributed by atoms with E-state index in [2.05, 4.69) is 26.0 Å². The van der Waals surface area contributed by atoms with Gasteiger partial charge in [-0.25, -0.2) is 4.98 Å². The summed E-state index contributed by atoms with van der Waals surface area (Å²) in [6.07, 6.45) is 8.69. The normalized spacial score (nSPS) is 17.9. The lowest BCUT2D eigenvalue weighted by Crippen LogP contribution is -2.29. The maximum absolute atomic E-state index is 13.0. The Kier molecular flexibility index (Phi) is 5.27. The van der Waals surface area contributed by atoms with E-state index in [4.69, 9.17) is 4.74 Å². The first-order chi connectivity index (χ1) is 15.6. The molecule has 0 spiro atoms. The average molecular weight is 435 g/mol. The Morgan fingerprint density at radius 3 is 2.97 bits per heavy atom. The first-order valence-electron chi connectivity index (χ1n) is 11.0. The van der Waals surface area contributed by atoms with Crippen LogP contribution in [-0.4, -0.2) is 42.5 Å². The SMILES string of the molecule is Cn1ncc2c(=O)n(CC(=O)Nc3c(C#N)c4c(n3CC3CCCO3)CCCC4)cnc21. The first-order valence-corrected chi connectivity index (χ1v) is 11.0. The number of fused-ring (bicyclic) bond motifs is 2. The van der Waals surface area contributed by atoms with Crippen molar-refractivity contribution in [3.63, 3.8) is 0 Å². The number of hydrogen-bond acceptors (Lipinski definition) is 6. The van der Waals surface area contributed by atoms with Crippen molar-refractivity contribution < 1.29 is 9.53 Å². The van der Waals surface area contributed by atoms with Gasteiger partial charge < -0.3 is 14.6 Å². The zero-order valence-corrected chi connectivity index (χ0v) is 18.0. The van der Waals surface area contributed by atoms with Crippen LogP contribution in [0.15, 0.2) is 17.3 Å². The molecule has 3 aromatic heterocycles. The summed E-state index contributed by atoms with van der Waals surface area (Å²) in [5.41, 5.74) is 2.82. The second-order valence-electron chi connectivity index (χ2n) is 8.44. The summed E-state index contributed by atoms with van der Waals surface area (Å²) in [6, 6.07) is 2.31.